The first-order chi connectivity index (χ1) is 31.5. The smallest absolute Gasteiger partial charge is 0.326 e. The molecule has 322 valence electrons. The summed E-state index contributed by atoms with van der Waals surface area (Å²) in [5.74, 6) is -1.69. The van der Waals surface area contributed by atoms with Gasteiger partial charge in [-0.15, -0.1) is 0 Å². The molecule has 2 aliphatic rings. The van der Waals surface area contributed by atoms with Gasteiger partial charge in [0.15, 0.2) is 0 Å². The molecule has 2 aliphatic heterocycles. The molecule has 3 amide bonds. The second kappa shape index (κ2) is 18.2. The molecular formula is C52H38Cl2N4O7. The van der Waals surface area contributed by atoms with Gasteiger partial charge in [-0.25, -0.2) is 4.79 Å². The van der Waals surface area contributed by atoms with Crippen molar-refractivity contribution in [2.45, 2.75) is 44.2 Å². The molecule has 9 rings (SSSR count). The minimum atomic E-state index is -1.31. The third-order valence-corrected chi connectivity index (χ3v) is 12.4. The van der Waals surface area contributed by atoms with Crippen LogP contribution in [0.25, 0.3) is 21.9 Å². The molecular weight excluding hydrogens is 863 g/mol. The summed E-state index contributed by atoms with van der Waals surface area (Å²) in [5.41, 5.74) is 6.62. The molecule has 7 aromatic rings. The summed E-state index contributed by atoms with van der Waals surface area (Å²) < 4.78 is 12.3. The van der Waals surface area contributed by atoms with Gasteiger partial charge in [0.25, 0.3) is 11.8 Å². The number of rotatable bonds is 11. The number of hydrogen-bond donors (Lipinski definition) is 3. The standard InChI is InChI=1S/C52H38Cl2N4O7/c53-42-20-9-32(21-43(42)54)29-64-41-18-16-36(17-19-41)48-50(60)56-44-24-39-25-46(58(28-40(39)26-47(44)65-48)51(61)38-15-14-33-3-1-2-4-37(33)23-38)49(59)57-45(52(62)63)22-30-5-10-34(11-6-30)35-12-7-31(27-55)8-13-35/h1-21,23-24,26,45-46,48H,22,25,28-29H2,(H,56,60)(H,57,59)(H,62,63)/t45-,46?,48?/m0/s1. The van der Waals surface area contributed by atoms with Crippen LogP contribution < -0.4 is 20.1 Å². The Hall–Kier alpha value is -7.65. The molecule has 3 N–H and O–H groups in total. The van der Waals surface area contributed by atoms with Gasteiger partial charge in [0.1, 0.15) is 30.2 Å². The quantitative estimate of drug-likeness (QED) is 0.116. The molecule has 2 heterocycles. The van der Waals surface area contributed by atoms with Crippen LogP contribution in [0.5, 0.6) is 11.5 Å². The Morgan fingerprint density at radius 2 is 1.52 bits per heavy atom. The second-order valence-corrected chi connectivity index (χ2v) is 16.7. The Morgan fingerprint density at radius 3 is 2.23 bits per heavy atom. The number of amides is 3. The number of fused-ring (bicyclic) bond motifs is 3. The molecule has 0 saturated heterocycles. The minimum Gasteiger partial charge on any atom is -0.489 e. The van der Waals surface area contributed by atoms with Crippen LogP contribution in [0.2, 0.25) is 10.0 Å². The molecule has 0 fully saturated rings. The van der Waals surface area contributed by atoms with Crippen molar-refractivity contribution >= 4 is 63.4 Å². The molecule has 65 heavy (non-hydrogen) atoms. The van der Waals surface area contributed by atoms with Crippen molar-refractivity contribution in [2.75, 3.05) is 5.32 Å². The lowest BCUT2D eigenvalue weighted by molar-refractivity contribution is -0.142. The Balaban J connectivity index is 0.951. The molecule has 2 unspecified atom stereocenters. The number of hydrogen-bond acceptors (Lipinski definition) is 7. The largest absolute Gasteiger partial charge is 0.489 e. The summed E-state index contributed by atoms with van der Waals surface area (Å²) in [6, 6.07) is 43.0. The van der Waals surface area contributed by atoms with Crippen LogP contribution >= 0.6 is 23.2 Å². The molecule has 0 aromatic heterocycles. The third-order valence-electron chi connectivity index (χ3n) is 11.7. The number of ether oxygens (including phenoxy) is 2. The number of carboxylic acids is 1. The van der Waals surface area contributed by atoms with E-state index in [0.717, 1.165) is 27.5 Å². The second-order valence-electron chi connectivity index (χ2n) is 15.9. The van der Waals surface area contributed by atoms with Gasteiger partial charge in [-0.2, -0.15) is 5.26 Å². The van der Waals surface area contributed by atoms with Gasteiger partial charge in [-0.05, 0) is 105 Å². The van der Waals surface area contributed by atoms with Crippen LogP contribution in [0.4, 0.5) is 5.69 Å². The number of benzene rings is 7. The fraction of sp³-hybridized carbons (Fsp3) is 0.135. The molecule has 0 spiro atoms. The van der Waals surface area contributed by atoms with Crippen LogP contribution in [0.15, 0.2) is 146 Å². The van der Waals surface area contributed by atoms with Gasteiger partial charge in [0, 0.05) is 30.5 Å². The van der Waals surface area contributed by atoms with Crippen LogP contribution in [-0.4, -0.2) is 45.8 Å². The van der Waals surface area contributed by atoms with Crippen molar-refractivity contribution in [3.8, 4) is 28.7 Å². The van der Waals surface area contributed by atoms with Gasteiger partial charge < -0.3 is 30.1 Å². The number of nitrogens with one attached hydrogen (secondary N) is 2. The van der Waals surface area contributed by atoms with Crippen molar-refractivity contribution in [3.63, 3.8) is 0 Å². The highest BCUT2D eigenvalue weighted by Gasteiger charge is 2.39. The summed E-state index contributed by atoms with van der Waals surface area (Å²) >= 11 is 12.2. The molecule has 11 nitrogen and oxygen atoms in total. The minimum absolute atomic E-state index is 0.00769. The fourth-order valence-electron chi connectivity index (χ4n) is 8.15. The van der Waals surface area contributed by atoms with E-state index in [2.05, 4.69) is 16.7 Å². The summed E-state index contributed by atoms with van der Waals surface area (Å²) in [5, 5.41) is 27.9. The first kappa shape index (κ1) is 42.6. The fourth-order valence-corrected chi connectivity index (χ4v) is 8.48. The van der Waals surface area contributed by atoms with E-state index in [4.69, 9.17) is 37.9 Å². The van der Waals surface area contributed by atoms with Crippen LogP contribution in [0, 0.1) is 11.3 Å². The van der Waals surface area contributed by atoms with Crippen molar-refractivity contribution in [3.05, 3.63) is 195 Å². The number of nitrogens with zero attached hydrogens (tertiary/aromatic N) is 2. The third kappa shape index (κ3) is 9.22. The highest BCUT2D eigenvalue weighted by atomic mass is 35.5. The Bertz CT molecular complexity index is 3040. The van der Waals surface area contributed by atoms with Gasteiger partial charge in [-0.1, -0.05) is 108 Å². The summed E-state index contributed by atoms with van der Waals surface area (Å²) in [7, 11) is 0. The summed E-state index contributed by atoms with van der Waals surface area (Å²) in [6.07, 6.45) is -0.951. The molecule has 3 atom stereocenters. The molecule has 7 aromatic carbocycles. The van der Waals surface area contributed by atoms with Crippen LogP contribution in [-0.2, 0) is 40.4 Å². The van der Waals surface area contributed by atoms with Gasteiger partial charge in [0.05, 0.1) is 27.4 Å². The predicted molar refractivity (Wildman–Crippen MR) is 247 cm³/mol. The lowest BCUT2D eigenvalue weighted by atomic mass is 9.91. The molecule has 0 bridgehead atoms. The van der Waals surface area contributed by atoms with Crippen molar-refractivity contribution in [1.29, 1.82) is 5.26 Å². The predicted octanol–water partition coefficient (Wildman–Crippen LogP) is 9.72. The Morgan fingerprint density at radius 1 is 0.815 bits per heavy atom. The first-order valence-corrected chi connectivity index (χ1v) is 21.5. The lowest BCUT2D eigenvalue weighted by Crippen LogP contribution is -2.56. The van der Waals surface area contributed by atoms with E-state index < -0.39 is 41.9 Å². The average Bonchev–Trinajstić information content (AvgIpc) is 3.33. The number of carbonyl (C=O) groups is 4. The average molecular weight is 902 g/mol. The summed E-state index contributed by atoms with van der Waals surface area (Å²) in [4.78, 5) is 56.5. The molecule has 0 radical (unpaired) electrons. The monoisotopic (exact) mass is 900 g/mol. The zero-order valence-electron chi connectivity index (χ0n) is 34.5. The number of carboxylic acid groups (broad SMARTS) is 1. The van der Waals surface area contributed by atoms with Crippen LogP contribution in [0.3, 0.4) is 0 Å². The van der Waals surface area contributed by atoms with Gasteiger partial charge in [0.2, 0.25) is 12.0 Å². The van der Waals surface area contributed by atoms with Crippen LogP contribution in [0.1, 0.15) is 49.8 Å². The lowest BCUT2D eigenvalue weighted by Gasteiger charge is -2.37. The molecule has 0 aliphatic carbocycles. The Labute approximate surface area is 383 Å². The zero-order chi connectivity index (χ0) is 45.2. The number of nitriles is 1. The van der Waals surface area contributed by atoms with E-state index in [0.29, 0.717) is 60.6 Å². The maximum absolute atomic E-state index is 14.5. The zero-order valence-corrected chi connectivity index (χ0v) is 36.0. The molecule has 0 saturated carbocycles. The highest BCUT2D eigenvalue weighted by Crippen LogP contribution is 2.40. The van der Waals surface area contributed by atoms with E-state index >= 15 is 0 Å². The SMILES string of the molecule is N#Cc1ccc(-c2ccc(C[C@H](NC(=O)C3Cc4cc5c(cc4CN3C(=O)c3ccc4ccccc4c3)OC(c3ccc(OCc4ccc(Cl)c(Cl)c4)cc3)C(=O)N5)C(=O)O)cc2)cc1. The number of anilines is 1. The normalized spacial score (nSPS) is 15.6. The number of carbonyl (C=O) groups excluding carboxylic acids is 3. The Kier molecular flexibility index (Phi) is 12.0. The topological polar surface area (TPSA) is 158 Å². The van der Waals surface area contributed by atoms with Gasteiger partial charge in [-0.3, -0.25) is 14.4 Å². The maximum Gasteiger partial charge on any atom is 0.326 e. The van der Waals surface area contributed by atoms with E-state index in [1.54, 1.807) is 84.9 Å². The van der Waals surface area contributed by atoms with E-state index in [1.807, 2.05) is 60.7 Å². The van der Waals surface area contributed by atoms with Crippen molar-refractivity contribution in [1.82, 2.24) is 10.2 Å². The van der Waals surface area contributed by atoms with E-state index in [9.17, 15) is 24.3 Å². The number of halogens is 2. The molecule has 13 heteroatoms. The van der Waals surface area contributed by atoms with E-state index in [-0.39, 0.29) is 26.0 Å². The maximum atomic E-state index is 14.5. The summed E-state index contributed by atoms with van der Waals surface area (Å²) in [6.45, 7) is 0.267. The van der Waals surface area contributed by atoms with Crippen molar-refractivity contribution < 1.29 is 33.8 Å². The van der Waals surface area contributed by atoms with E-state index in [1.165, 1.54) is 4.90 Å². The highest BCUT2D eigenvalue weighted by molar-refractivity contribution is 6.42. The first-order valence-electron chi connectivity index (χ1n) is 20.7. The van der Waals surface area contributed by atoms with Gasteiger partial charge >= 0.3 is 5.97 Å². The number of aliphatic carboxylic acids is 1. The van der Waals surface area contributed by atoms with Crippen molar-refractivity contribution in [2.24, 2.45) is 0 Å².